The molecular weight excluding hydrogens is 324 g/mol. The van der Waals surface area contributed by atoms with Crippen LogP contribution in [0.4, 0.5) is 0 Å². The SMILES string of the molecule is CC1(C)OC2CS[C@@H](C(Cl)CO[Si](C)(C)C(C)(C)C)C2O1. The van der Waals surface area contributed by atoms with E-state index in [1.54, 1.807) is 0 Å². The van der Waals surface area contributed by atoms with E-state index in [4.69, 9.17) is 25.5 Å². The molecule has 3 unspecified atom stereocenters. The van der Waals surface area contributed by atoms with Crippen molar-refractivity contribution in [3.63, 3.8) is 0 Å². The third-order valence-electron chi connectivity index (χ3n) is 4.76. The summed E-state index contributed by atoms with van der Waals surface area (Å²) in [7, 11) is -1.75. The molecule has 0 aromatic rings. The molecule has 0 radical (unpaired) electrons. The highest BCUT2D eigenvalue weighted by atomic mass is 35.5. The van der Waals surface area contributed by atoms with Gasteiger partial charge in [-0.1, -0.05) is 20.8 Å². The average molecular weight is 353 g/mol. The van der Waals surface area contributed by atoms with Gasteiger partial charge in [-0.15, -0.1) is 11.6 Å². The Labute approximate surface area is 139 Å². The van der Waals surface area contributed by atoms with Crippen molar-refractivity contribution in [1.29, 1.82) is 0 Å². The van der Waals surface area contributed by atoms with Gasteiger partial charge in [-0.25, -0.2) is 0 Å². The molecule has 0 amide bonds. The predicted molar refractivity (Wildman–Crippen MR) is 92.9 cm³/mol. The lowest BCUT2D eigenvalue weighted by atomic mass is 10.1. The zero-order valence-corrected chi connectivity index (χ0v) is 16.8. The van der Waals surface area contributed by atoms with E-state index in [0.29, 0.717) is 6.61 Å². The Morgan fingerprint density at radius 3 is 2.52 bits per heavy atom. The second-order valence-electron chi connectivity index (χ2n) is 8.02. The molecule has 0 aromatic heterocycles. The molecule has 2 rings (SSSR count). The first kappa shape index (κ1) is 18.1. The predicted octanol–water partition coefficient (Wildman–Crippen LogP) is 4.25. The fraction of sp³-hybridized carbons (Fsp3) is 1.00. The third-order valence-corrected chi connectivity index (χ3v) is 11.3. The van der Waals surface area contributed by atoms with Crippen molar-refractivity contribution in [2.24, 2.45) is 0 Å². The van der Waals surface area contributed by atoms with Gasteiger partial charge in [-0.2, -0.15) is 11.8 Å². The summed E-state index contributed by atoms with van der Waals surface area (Å²) in [4.78, 5) is 0. The highest BCUT2D eigenvalue weighted by Crippen LogP contribution is 2.44. The molecule has 2 fully saturated rings. The maximum atomic E-state index is 6.64. The Bertz CT molecular complexity index is 384. The van der Waals surface area contributed by atoms with Gasteiger partial charge in [0, 0.05) is 5.75 Å². The fourth-order valence-corrected chi connectivity index (χ4v) is 5.42. The smallest absolute Gasteiger partial charge is 0.192 e. The number of halogens is 1. The second kappa shape index (κ2) is 5.99. The molecule has 0 bridgehead atoms. The van der Waals surface area contributed by atoms with Crippen LogP contribution in [0.5, 0.6) is 0 Å². The van der Waals surface area contributed by atoms with Crippen molar-refractivity contribution in [1.82, 2.24) is 0 Å². The first-order chi connectivity index (χ1) is 9.43. The molecule has 4 atom stereocenters. The molecule has 0 saturated carbocycles. The normalized spacial score (nSPS) is 34.0. The lowest BCUT2D eigenvalue weighted by Crippen LogP contribution is -2.44. The lowest BCUT2D eigenvalue weighted by molar-refractivity contribution is -0.145. The van der Waals surface area contributed by atoms with Gasteiger partial charge in [-0.05, 0) is 32.0 Å². The van der Waals surface area contributed by atoms with E-state index >= 15 is 0 Å². The van der Waals surface area contributed by atoms with Gasteiger partial charge in [0.25, 0.3) is 0 Å². The van der Waals surface area contributed by atoms with Crippen molar-refractivity contribution in [3.05, 3.63) is 0 Å². The highest BCUT2D eigenvalue weighted by molar-refractivity contribution is 8.00. The van der Waals surface area contributed by atoms with E-state index in [1.807, 2.05) is 25.6 Å². The zero-order chi connectivity index (χ0) is 16.1. The number of fused-ring (bicyclic) bond motifs is 1. The minimum absolute atomic E-state index is 0.0309. The van der Waals surface area contributed by atoms with E-state index in [2.05, 4.69) is 33.9 Å². The van der Waals surface area contributed by atoms with E-state index < -0.39 is 14.1 Å². The number of ether oxygens (including phenoxy) is 2. The summed E-state index contributed by atoms with van der Waals surface area (Å²) in [5.74, 6) is 0.480. The molecule has 2 saturated heterocycles. The van der Waals surface area contributed by atoms with Gasteiger partial charge in [0.1, 0.15) is 6.10 Å². The summed E-state index contributed by atoms with van der Waals surface area (Å²) in [5.41, 5.74) is 0. The number of thioether (sulfide) groups is 1. The number of hydrogen-bond donors (Lipinski definition) is 0. The van der Waals surface area contributed by atoms with Crippen molar-refractivity contribution >= 4 is 31.7 Å². The zero-order valence-electron chi connectivity index (χ0n) is 14.2. The van der Waals surface area contributed by atoms with Crippen molar-refractivity contribution in [2.45, 2.75) is 81.4 Å². The molecule has 6 heteroatoms. The van der Waals surface area contributed by atoms with Crippen LogP contribution in [0.2, 0.25) is 18.1 Å². The highest BCUT2D eigenvalue weighted by Gasteiger charge is 2.51. The molecular formula is C15H29ClO3SSi. The Morgan fingerprint density at radius 1 is 1.33 bits per heavy atom. The summed E-state index contributed by atoms with van der Waals surface area (Å²) < 4.78 is 18.2. The van der Waals surface area contributed by atoms with Gasteiger partial charge >= 0.3 is 0 Å². The van der Waals surface area contributed by atoms with Gasteiger partial charge in [0.15, 0.2) is 14.1 Å². The average Bonchev–Trinajstić information content (AvgIpc) is 2.79. The Morgan fingerprint density at radius 2 is 1.95 bits per heavy atom. The topological polar surface area (TPSA) is 27.7 Å². The summed E-state index contributed by atoms with van der Waals surface area (Å²) in [6.07, 6.45) is 0.264. The van der Waals surface area contributed by atoms with Crippen LogP contribution in [0.15, 0.2) is 0 Å². The first-order valence-corrected chi connectivity index (χ1v) is 12.1. The molecule has 2 heterocycles. The lowest BCUT2D eigenvalue weighted by Gasteiger charge is -2.37. The quantitative estimate of drug-likeness (QED) is 0.558. The van der Waals surface area contributed by atoms with Crippen LogP contribution in [0.1, 0.15) is 34.6 Å². The van der Waals surface area contributed by atoms with E-state index in [9.17, 15) is 0 Å². The summed E-state index contributed by atoms with van der Waals surface area (Å²) in [5, 5.41) is 0.434. The fourth-order valence-electron chi connectivity index (χ4n) is 2.48. The molecule has 124 valence electrons. The van der Waals surface area contributed by atoms with Crippen molar-refractivity contribution < 1.29 is 13.9 Å². The minimum atomic E-state index is -1.75. The first-order valence-electron chi connectivity index (χ1n) is 7.68. The van der Waals surface area contributed by atoms with Crippen LogP contribution in [-0.4, -0.2) is 49.3 Å². The van der Waals surface area contributed by atoms with Gasteiger partial charge in [-0.3, -0.25) is 0 Å². The standard InChI is InChI=1S/C15H29ClO3SSi/c1-14(2,3)21(6,7)17-8-10(16)13-12-11(9-20-13)18-15(4,5)19-12/h10-13H,8-9H2,1-7H3/t10?,11?,12?,13-/m0/s1. The number of alkyl halides is 1. The van der Waals surface area contributed by atoms with Gasteiger partial charge in [0.2, 0.25) is 0 Å². The monoisotopic (exact) mass is 352 g/mol. The van der Waals surface area contributed by atoms with Crippen LogP contribution in [0, 0.1) is 0 Å². The van der Waals surface area contributed by atoms with E-state index in [-0.39, 0.29) is 27.9 Å². The Kier molecular flexibility index (Phi) is 5.15. The Balaban J connectivity index is 1.91. The van der Waals surface area contributed by atoms with E-state index in [0.717, 1.165) is 5.75 Å². The van der Waals surface area contributed by atoms with Gasteiger partial charge in [0.05, 0.1) is 23.3 Å². The summed E-state index contributed by atoms with van der Waals surface area (Å²) >= 11 is 8.50. The molecule has 2 aliphatic heterocycles. The molecule has 21 heavy (non-hydrogen) atoms. The van der Waals surface area contributed by atoms with Crippen molar-refractivity contribution in [2.75, 3.05) is 12.4 Å². The van der Waals surface area contributed by atoms with Crippen LogP contribution in [0.3, 0.4) is 0 Å². The molecule has 3 nitrogen and oxygen atoms in total. The van der Waals surface area contributed by atoms with Crippen LogP contribution in [-0.2, 0) is 13.9 Å². The number of hydrogen-bond acceptors (Lipinski definition) is 4. The minimum Gasteiger partial charge on any atom is -0.415 e. The maximum Gasteiger partial charge on any atom is 0.192 e. The van der Waals surface area contributed by atoms with Crippen LogP contribution < -0.4 is 0 Å². The Hall–Kier alpha value is 0.737. The van der Waals surface area contributed by atoms with Crippen LogP contribution in [0.25, 0.3) is 0 Å². The van der Waals surface area contributed by atoms with Crippen LogP contribution >= 0.6 is 23.4 Å². The van der Waals surface area contributed by atoms with E-state index in [1.165, 1.54) is 0 Å². The number of rotatable bonds is 4. The molecule has 0 aliphatic carbocycles. The third kappa shape index (κ3) is 3.99. The van der Waals surface area contributed by atoms with Gasteiger partial charge < -0.3 is 13.9 Å². The van der Waals surface area contributed by atoms with Crippen molar-refractivity contribution in [3.8, 4) is 0 Å². The molecule has 2 aliphatic rings. The molecule has 0 spiro atoms. The molecule has 0 N–H and O–H groups in total. The largest absolute Gasteiger partial charge is 0.415 e. The summed E-state index contributed by atoms with van der Waals surface area (Å²) in [6.45, 7) is 15.8. The second-order valence-corrected chi connectivity index (χ2v) is 14.6. The molecule has 0 aromatic carbocycles. The summed E-state index contributed by atoms with van der Waals surface area (Å²) in [6, 6.07) is 0. The maximum absolute atomic E-state index is 6.64.